The van der Waals surface area contributed by atoms with E-state index in [0.29, 0.717) is 39.2 Å². The van der Waals surface area contributed by atoms with Crippen LogP contribution in [0.25, 0.3) is 0 Å². The minimum atomic E-state index is -0.784. The predicted molar refractivity (Wildman–Crippen MR) is 208 cm³/mol. The Balaban J connectivity index is 1.05. The van der Waals surface area contributed by atoms with Crippen molar-refractivity contribution in [1.29, 1.82) is 0 Å². The molecule has 0 spiro atoms. The molecule has 9 heteroatoms. The van der Waals surface area contributed by atoms with Crippen molar-refractivity contribution in [3.63, 3.8) is 0 Å². The lowest BCUT2D eigenvalue weighted by atomic mass is 9.57. The maximum atomic E-state index is 14.6. The zero-order valence-electron chi connectivity index (χ0n) is 30.4. The molecule has 2 heterocycles. The number of hydrogen-bond acceptors (Lipinski definition) is 7. The zero-order chi connectivity index (χ0) is 38.8. The number of allylic oxidation sites excluding steroid dienone is 2. The van der Waals surface area contributed by atoms with Gasteiger partial charge in [0, 0.05) is 28.2 Å². The summed E-state index contributed by atoms with van der Waals surface area (Å²) in [5, 5.41) is 10.4. The average molecular weight is 741 g/mol. The van der Waals surface area contributed by atoms with Gasteiger partial charge in [0.15, 0.2) is 11.6 Å². The molecule has 0 bridgehead atoms. The molecule has 4 amide bonds. The van der Waals surface area contributed by atoms with Crippen LogP contribution in [-0.2, 0) is 19.2 Å². The molecule has 6 atom stereocenters. The van der Waals surface area contributed by atoms with Gasteiger partial charge >= 0.3 is 0 Å². The standard InChI is InChI=1S/C47H36N2O7/c1-26-24-31(16-23-38(26)50)39-34-21-22-35-40(46(55)48(44(35)53)32-17-12-29(13-18-32)42(51)27-8-4-2-5-9-27)36(34)25-37-41(39)47(56)49(45(37)54)33-19-14-30(15-20-33)43(52)28-10-6-3-7-11-28/h2-21,23-24,35-37,39-41,50H,22,25H2,1H3. The quantitative estimate of drug-likeness (QED) is 0.106. The molecule has 5 aromatic rings. The summed E-state index contributed by atoms with van der Waals surface area (Å²) in [5.41, 5.74) is 4.81. The van der Waals surface area contributed by atoms with Gasteiger partial charge < -0.3 is 5.11 Å². The maximum absolute atomic E-state index is 14.6. The molecule has 4 aliphatic rings. The lowest BCUT2D eigenvalue weighted by molar-refractivity contribution is -0.126. The van der Waals surface area contributed by atoms with Crippen LogP contribution in [0.4, 0.5) is 11.4 Å². The SMILES string of the molecule is Cc1cc(C2C3=CCC4C(=O)N(c5ccc(C(=O)c6ccccc6)cc5)C(=O)C4C3CC3C(=O)N(c4ccc(C(=O)c5ccccc5)cc4)C(=O)C32)ccc1O. The molecule has 56 heavy (non-hydrogen) atoms. The number of aromatic hydroxyl groups is 1. The van der Waals surface area contributed by atoms with Crippen molar-refractivity contribution in [2.24, 2.45) is 29.6 Å². The van der Waals surface area contributed by atoms with Crippen LogP contribution in [0.2, 0.25) is 0 Å². The molecule has 2 aliphatic heterocycles. The second-order valence-corrected chi connectivity index (χ2v) is 15.1. The van der Waals surface area contributed by atoms with Crippen molar-refractivity contribution in [2.45, 2.75) is 25.7 Å². The average Bonchev–Trinajstić information content (AvgIpc) is 3.64. The number of nitrogens with zero attached hydrogens (tertiary/aromatic N) is 2. The van der Waals surface area contributed by atoms with Crippen molar-refractivity contribution in [3.8, 4) is 5.75 Å². The fourth-order valence-corrected chi connectivity index (χ4v) is 9.38. The van der Waals surface area contributed by atoms with Gasteiger partial charge in [0.05, 0.1) is 35.0 Å². The van der Waals surface area contributed by atoms with Crippen LogP contribution in [0.15, 0.2) is 139 Å². The highest BCUT2D eigenvalue weighted by atomic mass is 16.3. The fourth-order valence-electron chi connectivity index (χ4n) is 9.38. The van der Waals surface area contributed by atoms with Gasteiger partial charge in [-0.15, -0.1) is 0 Å². The van der Waals surface area contributed by atoms with Crippen LogP contribution in [0, 0.1) is 36.5 Å². The number of ketones is 2. The molecular weight excluding hydrogens is 705 g/mol. The van der Waals surface area contributed by atoms with Gasteiger partial charge in [-0.25, -0.2) is 0 Å². The maximum Gasteiger partial charge on any atom is 0.238 e. The summed E-state index contributed by atoms with van der Waals surface area (Å²) < 4.78 is 0. The van der Waals surface area contributed by atoms with E-state index in [4.69, 9.17) is 0 Å². The summed E-state index contributed by atoms with van der Waals surface area (Å²) in [6, 6.07) is 35.8. The van der Waals surface area contributed by atoms with E-state index in [0.717, 1.165) is 11.1 Å². The molecule has 9 nitrogen and oxygen atoms in total. The van der Waals surface area contributed by atoms with Crippen molar-refractivity contribution < 1.29 is 33.9 Å². The third-order valence-corrected chi connectivity index (χ3v) is 12.1. The first kappa shape index (κ1) is 35.0. The Hall–Kier alpha value is -6.74. The topological polar surface area (TPSA) is 129 Å². The van der Waals surface area contributed by atoms with Crippen LogP contribution in [0.3, 0.4) is 0 Å². The van der Waals surface area contributed by atoms with Crippen molar-refractivity contribution in [1.82, 2.24) is 0 Å². The number of anilines is 2. The van der Waals surface area contributed by atoms with E-state index in [1.54, 1.807) is 116 Å². The summed E-state index contributed by atoms with van der Waals surface area (Å²) in [5.74, 6) is -5.79. The lowest BCUT2D eigenvalue weighted by Gasteiger charge is -2.44. The largest absolute Gasteiger partial charge is 0.508 e. The van der Waals surface area contributed by atoms with Gasteiger partial charge in [0.2, 0.25) is 23.6 Å². The number of amides is 4. The van der Waals surface area contributed by atoms with Crippen LogP contribution < -0.4 is 9.80 Å². The van der Waals surface area contributed by atoms with Crippen molar-refractivity contribution in [3.05, 3.63) is 172 Å². The Morgan fingerprint density at radius 2 is 1.04 bits per heavy atom. The molecule has 276 valence electrons. The van der Waals surface area contributed by atoms with Crippen LogP contribution >= 0.6 is 0 Å². The number of carbonyl (C=O) groups excluding carboxylic acids is 6. The third-order valence-electron chi connectivity index (χ3n) is 12.1. The van der Waals surface area contributed by atoms with Gasteiger partial charge in [-0.3, -0.25) is 38.6 Å². The Labute approximate surface area is 322 Å². The molecule has 5 aromatic carbocycles. The monoisotopic (exact) mass is 740 g/mol. The first-order valence-corrected chi connectivity index (χ1v) is 18.8. The van der Waals surface area contributed by atoms with Gasteiger partial charge in [-0.05, 0) is 91.4 Å². The normalized spacial score (nSPS) is 24.1. The first-order valence-electron chi connectivity index (χ1n) is 18.8. The summed E-state index contributed by atoms with van der Waals surface area (Å²) in [6.45, 7) is 1.77. The number of phenols is 1. The summed E-state index contributed by atoms with van der Waals surface area (Å²) in [7, 11) is 0. The number of benzene rings is 5. The molecular formula is C47H36N2O7. The molecule has 6 unspecified atom stereocenters. The predicted octanol–water partition coefficient (Wildman–Crippen LogP) is 7.21. The van der Waals surface area contributed by atoms with E-state index in [2.05, 4.69) is 0 Å². The molecule has 0 radical (unpaired) electrons. The highest BCUT2D eigenvalue weighted by Crippen LogP contribution is 2.58. The summed E-state index contributed by atoms with van der Waals surface area (Å²) >= 11 is 0. The number of phenolic OH excluding ortho intramolecular Hbond substituents is 1. The molecule has 2 aliphatic carbocycles. The lowest BCUT2D eigenvalue weighted by Crippen LogP contribution is -2.43. The van der Waals surface area contributed by atoms with Crippen molar-refractivity contribution >= 4 is 46.6 Å². The first-order chi connectivity index (χ1) is 27.1. The molecule has 1 N–H and O–H groups in total. The van der Waals surface area contributed by atoms with Gasteiger partial charge in [0.1, 0.15) is 5.75 Å². The zero-order valence-corrected chi connectivity index (χ0v) is 30.4. The van der Waals surface area contributed by atoms with E-state index >= 15 is 0 Å². The third kappa shape index (κ3) is 5.53. The Morgan fingerprint density at radius 3 is 1.55 bits per heavy atom. The van der Waals surface area contributed by atoms with E-state index in [1.165, 1.54) is 9.80 Å². The van der Waals surface area contributed by atoms with Crippen LogP contribution in [-0.4, -0.2) is 40.3 Å². The van der Waals surface area contributed by atoms with Gasteiger partial charge in [0.25, 0.3) is 0 Å². The number of imide groups is 2. The van der Waals surface area contributed by atoms with Crippen LogP contribution in [0.1, 0.15) is 61.7 Å². The Morgan fingerprint density at radius 1 is 0.554 bits per heavy atom. The van der Waals surface area contributed by atoms with Crippen LogP contribution in [0.5, 0.6) is 5.75 Å². The second-order valence-electron chi connectivity index (χ2n) is 15.1. The highest BCUT2D eigenvalue weighted by Gasteiger charge is 2.62. The summed E-state index contributed by atoms with van der Waals surface area (Å²) in [4.78, 5) is 86.2. The number of fused-ring (bicyclic) bond motifs is 4. The molecule has 3 fully saturated rings. The van der Waals surface area contributed by atoms with Gasteiger partial charge in [-0.2, -0.15) is 0 Å². The number of hydrogen-bond donors (Lipinski definition) is 1. The summed E-state index contributed by atoms with van der Waals surface area (Å²) in [6.07, 6.45) is 2.47. The number of rotatable bonds is 7. The number of carbonyl (C=O) groups is 6. The van der Waals surface area contributed by atoms with E-state index in [-0.39, 0.29) is 47.9 Å². The Kier molecular flexibility index (Phi) is 8.45. The number of aryl methyl sites for hydroxylation is 1. The minimum Gasteiger partial charge on any atom is -0.508 e. The molecule has 0 aromatic heterocycles. The smallest absolute Gasteiger partial charge is 0.238 e. The highest BCUT2D eigenvalue weighted by molar-refractivity contribution is 6.24. The van der Waals surface area contributed by atoms with Crippen molar-refractivity contribution in [2.75, 3.05) is 9.80 Å². The fraction of sp³-hybridized carbons (Fsp3) is 0.191. The molecule has 2 saturated heterocycles. The minimum absolute atomic E-state index is 0.0969. The molecule has 9 rings (SSSR count). The second kappa shape index (κ2) is 13.5. The van der Waals surface area contributed by atoms with E-state index < -0.39 is 41.4 Å². The van der Waals surface area contributed by atoms with Gasteiger partial charge in [-0.1, -0.05) is 84.4 Å². The molecule has 1 saturated carbocycles. The Bertz CT molecular complexity index is 2490. The van der Waals surface area contributed by atoms with E-state index in [1.807, 2.05) is 24.3 Å². The van der Waals surface area contributed by atoms with E-state index in [9.17, 15) is 33.9 Å².